The zero-order valence-corrected chi connectivity index (χ0v) is 40.5. The van der Waals surface area contributed by atoms with Gasteiger partial charge in [-0.1, -0.05) is 40.1 Å². The van der Waals surface area contributed by atoms with Gasteiger partial charge in [0.15, 0.2) is 34.5 Å². The van der Waals surface area contributed by atoms with Crippen molar-refractivity contribution in [1.82, 2.24) is 72.7 Å². The maximum absolute atomic E-state index is 11.7. The minimum Gasteiger partial charge on any atom is -0.383 e. The van der Waals surface area contributed by atoms with Crippen molar-refractivity contribution in [3.05, 3.63) is 99.9 Å². The van der Waals surface area contributed by atoms with Gasteiger partial charge in [0.25, 0.3) is 22.6 Å². The summed E-state index contributed by atoms with van der Waals surface area (Å²) in [6.07, 6.45) is 9.84. The summed E-state index contributed by atoms with van der Waals surface area (Å²) in [5, 5.41) is 0. The largest absolute Gasteiger partial charge is 0.383 e. The number of nitrogens with one attached hydrogen (secondary N) is 3. The minimum absolute atomic E-state index is 0. The highest BCUT2D eigenvalue weighted by atomic mass is 16.2. The lowest BCUT2D eigenvalue weighted by Crippen LogP contribution is -2.32. The molecule has 8 heterocycles. The van der Waals surface area contributed by atoms with Crippen LogP contribution in [0.5, 0.6) is 0 Å². The maximum atomic E-state index is 11.7. The van der Waals surface area contributed by atoms with Crippen LogP contribution in [-0.2, 0) is 65.0 Å². The molecule has 8 rings (SSSR count). The molecule has 0 radical (unpaired) electrons. The summed E-state index contributed by atoms with van der Waals surface area (Å²) < 4.78 is 10.8. The van der Waals surface area contributed by atoms with E-state index in [9.17, 15) is 24.0 Å². The van der Waals surface area contributed by atoms with E-state index < -0.39 is 0 Å². The van der Waals surface area contributed by atoms with E-state index in [1.54, 1.807) is 17.0 Å². The number of H-pyrrole nitrogens is 3. The number of aromatic nitrogens is 16. The van der Waals surface area contributed by atoms with Crippen LogP contribution < -0.4 is 55.6 Å². The number of nitrogens with two attached hydrogens (primary N) is 4. The van der Waals surface area contributed by atoms with E-state index in [2.05, 4.69) is 68.3 Å². The van der Waals surface area contributed by atoms with Crippen LogP contribution in [0.2, 0.25) is 0 Å². The number of imidazole rings is 3. The topological polar surface area (TPSA) is 356 Å². The SMILES string of the molecule is C.CCc1cn(CC)c(=O)[nH]c1=O.CCc1cn(CC)c(=O)nc1N.CCc1nc2c(=O)[nH]c(N)nc2n1CC.CCc1nc2c(N)ncnc2n1CC.CCn1c[n+](CC)c2nc(N)[nH]c(=O)c21. The average Bonchev–Trinajstić information content (AvgIpc) is 4.01. The molecule has 0 saturated heterocycles. The molecule has 25 heteroatoms. The Morgan fingerprint density at radius 1 is 0.536 bits per heavy atom. The van der Waals surface area contributed by atoms with Gasteiger partial charge in [-0.3, -0.25) is 38.5 Å². The molecule has 0 fully saturated rings. The van der Waals surface area contributed by atoms with Gasteiger partial charge in [-0.25, -0.2) is 34.1 Å². The highest BCUT2D eigenvalue weighted by Gasteiger charge is 2.19. The van der Waals surface area contributed by atoms with Gasteiger partial charge in [-0.05, 0) is 54.4 Å². The Hall–Kier alpha value is -7.99. The van der Waals surface area contributed by atoms with Crippen molar-refractivity contribution in [3.63, 3.8) is 0 Å². The molecule has 0 aromatic carbocycles. The number of hydrogen-bond acceptors (Lipinski definition) is 16. The van der Waals surface area contributed by atoms with Gasteiger partial charge < -0.3 is 36.6 Å². The number of nitrogens with zero attached hydrogens (tertiary/aromatic N) is 13. The molecular weight excluding hydrogens is 889 g/mol. The minimum atomic E-state index is -0.334. The number of aryl methyl sites for hydroxylation is 10. The van der Waals surface area contributed by atoms with Crippen molar-refractivity contribution in [1.29, 1.82) is 0 Å². The first kappa shape index (κ1) is 55.3. The Kier molecular flexibility index (Phi) is 20.2. The lowest BCUT2D eigenvalue weighted by molar-refractivity contribution is -0.670. The van der Waals surface area contributed by atoms with Crippen molar-refractivity contribution in [3.8, 4) is 0 Å². The maximum Gasteiger partial charge on any atom is 0.349 e. The van der Waals surface area contributed by atoms with Crippen molar-refractivity contribution >= 4 is 57.0 Å². The van der Waals surface area contributed by atoms with E-state index in [1.807, 2.05) is 75.4 Å². The number of nitrogen functional groups attached to an aromatic ring is 4. The van der Waals surface area contributed by atoms with Gasteiger partial charge in [0, 0.05) is 62.5 Å². The Bertz CT molecular complexity index is 3230. The first-order valence-corrected chi connectivity index (χ1v) is 22.7. The summed E-state index contributed by atoms with van der Waals surface area (Å²) in [5.74, 6) is 2.96. The van der Waals surface area contributed by atoms with Gasteiger partial charge in [-0.15, -0.1) is 0 Å². The van der Waals surface area contributed by atoms with Crippen LogP contribution in [0.4, 0.5) is 23.5 Å². The van der Waals surface area contributed by atoms with E-state index in [1.165, 1.54) is 10.9 Å². The first-order valence-electron chi connectivity index (χ1n) is 22.7. The van der Waals surface area contributed by atoms with E-state index in [4.69, 9.17) is 22.9 Å². The number of rotatable bonds is 10. The molecule has 0 aliphatic heterocycles. The Balaban J connectivity index is 0.000000228. The lowest BCUT2D eigenvalue weighted by atomic mass is 10.2. The quantitative estimate of drug-likeness (QED) is 0.0965. The number of aromatic amines is 3. The predicted octanol–water partition coefficient (Wildman–Crippen LogP) is 2.07. The second kappa shape index (κ2) is 25.2. The zero-order valence-electron chi connectivity index (χ0n) is 40.5. The van der Waals surface area contributed by atoms with Gasteiger partial charge in [0.05, 0.1) is 13.1 Å². The predicted molar refractivity (Wildman–Crippen MR) is 270 cm³/mol. The van der Waals surface area contributed by atoms with Crippen LogP contribution in [0.3, 0.4) is 0 Å². The second-order valence-electron chi connectivity index (χ2n) is 14.7. The van der Waals surface area contributed by atoms with E-state index >= 15 is 0 Å². The van der Waals surface area contributed by atoms with Crippen molar-refractivity contribution in [2.24, 2.45) is 0 Å². The highest BCUT2D eigenvalue weighted by molar-refractivity contribution is 5.81. The van der Waals surface area contributed by atoms with E-state index in [0.717, 1.165) is 68.3 Å². The molecule has 0 spiro atoms. The second-order valence-corrected chi connectivity index (χ2v) is 14.7. The molecule has 8 aromatic rings. The first-order chi connectivity index (χ1) is 32.5. The fourth-order valence-electron chi connectivity index (χ4n) is 7.05. The monoisotopic (exact) mass is 958 g/mol. The molecule has 8 aromatic heterocycles. The van der Waals surface area contributed by atoms with Crippen molar-refractivity contribution in [2.75, 3.05) is 22.9 Å². The number of anilines is 4. The summed E-state index contributed by atoms with van der Waals surface area (Å²) in [4.78, 5) is 92.4. The highest BCUT2D eigenvalue weighted by Crippen LogP contribution is 2.18. The van der Waals surface area contributed by atoms with Crippen molar-refractivity contribution < 1.29 is 4.57 Å². The summed E-state index contributed by atoms with van der Waals surface area (Å²) in [5.41, 5.74) is 26.2. The molecule has 69 heavy (non-hydrogen) atoms. The Morgan fingerprint density at radius 2 is 1.09 bits per heavy atom. The van der Waals surface area contributed by atoms with Crippen molar-refractivity contribution in [2.45, 2.75) is 142 Å². The third-order valence-electron chi connectivity index (χ3n) is 10.7. The Morgan fingerprint density at radius 3 is 1.64 bits per heavy atom. The van der Waals surface area contributed by atoms with Crippen LogP contribution in [0.15, 0.2) is 49.0 Å². The smallest absolute Gasteiger partial charge is 0.349 e. The molecule has 0 bridgehead atoms. The summed E-state index contributed by atoms with van der Waals surface area (Å²) in [6.45, 7) is 24.0. The summed E-state index contributed by atoms with van der Waals surface area (Å²) >= 11 is 0. The molecule has 0 amide bonds. The van der Waals surface area contributed by atoms with Gasteiger partial charge in [0.1, 0.15) is 23.8 Å². The van der Waals surface area contributed by atoms with Gasteiger partial charge >= 0.3 is 17.0 Å². The average molecular weight is 958 g/mol. The third kappa shape index (κ3) is 12.7. The standard InChI is InChI=1S/2C9H13N5O.C9H13N5.C8H13N3O.C8H12N2O2.CH4/c1-3-13-5-14(4-2)7-6(13)8(15)12-9(10)11-7;1-3-5-11-6-7(14(5)4-2)12-9(10)13-8(6)15;1-3-6-13-7-8(10)11-5-12-9(7)14(6)4-2;1-3-6-5-11(4-2)8(12)10-7(6)9;1-3-6-5-10(4-2)8(12)9-7(6)11;/h5H,3-4H2,1-2H3,(H2-,10,11,12,15);3-4H2,1-2H3,(H3,10,12,13,15);5H,3-4H2,1-2H3,(H2,10,11,12);5H,3-4H2,1-2H3,(H2,9,10,12);5H,3-4H2,1-2H3,(H,9,11,12);1H4/p+1. The molecule has 0 aliphatic rings. The van der Waals surface area contributed by atoms with Crippen LogP contribution in [-0.4, -0.2) is 72.7 Å². The fourth-order valence-corrected chi connectivity index (χ4v) is 7.05. The van der Waals surface area contributed by atoms with E-state index in [0.29, 0.717) is 64.6 Å². The fraction of sp³-hybridized carbons (Fsp3) is 0.477. The van der Waals surface area contributed by atoms with Crippen LogP contribution in [0.1, 0.15) is 99.4 Å². The normalized spacial score (nSPS) is 10.6. The molecule has 0 unspecified atom stereocenters. The number of hydrogen-bond donors (Lipinski definition) is 7. The van der Waals surface area contributed by atoms with Crippen LogP contribution in [0, 0.1) is 0 Å². The molecule has 11 N–H and O–H groups in total. The Labute approximate surface area is 397 Å². The van der Waals surface area contributed by atoms with Gasteiger partial charge in [0.2, 0.25) is 11.5 Å². The third-order valence-corrected chi connectivity index (χ3v) is 10.7. The zero-order chi connectivity index (χ0) is 50.4. The molecule has 374 valence electrons. The lowest BCUT2D eigenvalue weighted by Gasteiger charge is -2.05. The molecule has 25 nitrogen and oxygen atoms in total. The molecule has 0 atom stereocenters. The summed E-state index contributed by atoms with van der Waals surface area (Å²) in [6, 6.07) is 0. The summed E-state index contributed by atoms with van der Waals surface area (Å²) in [7, 11) is 0. The van der Waals surface area contributed by atoms with E-state index in [-0.39, 0.29) is 47.4 Å². The number of fused-ring (bicyclic) bond motifs is 3. The molecular formula is C44H69N20O5+. The molecule has 0 aliphatic carbocycles. The molecule has 0 saturated carbocycles. The van der Waals surface area contributed by atoms with Crippen LogP contribution in [0.25, 0.3) is 33.5 Å². The van der Waals surface area contributed by atoms with Gasteiger partial charge in [-0.2, -0.15) is 9.97 Å². The van der Waals surface area contributed by atoms with Crippen LogP contribution >= 0.6 is 0 Å².